The lowest BCUT2D eigenvalue weighted by Crippen LogP contribution is -2.62. The van der Waals surface area contributed by atoms with Crippen LogP contribution < -0.4 is 5.11 Å². The van der Waals surface area contributed by atoms with Crippen molar-refractivity contribution in [2.75, 3.05) is 13.2 Å². The van der Waals surface area contributed by atoms with Crippen molar-refractivity contribution in [1.82, 2.24) is 0 Å². The fourth-order valence-electron chi connectivity index (χ4n) is 1.75. The quantitative estimate of drug-likeness (QED) is 0.275. The third-order valence-electron chi connectivity index (χ3n) is 2.63. The molecule has 0 radical (unpaired) electrons. The summed E-state index contributed by atoms with van der Waals surface area (Å²) in [4.78, 5) is 2.56. The third kappa shape index (κ3) is 3.67. The summed E-state index contributed by atoms with van der Waals surface area (Å²) < 4.78 is 10.1. The Morgan fingerprint density at radius 2 is 2.22 bits per heavy atom. The number of rotatable bonds is 6. The molecule has 1 aliphatic heterocycles. The Morgan fingerprint density at radius 3 is 2.83 bits per heavy atom. The van der Waals surface area contributed by atoms with E-state index >= 15 is 0 Å². The monoisotopic (exact) mass is 258 g/mol. The minimum absolute atomic E-state index is 0.0925. The first-order valence-corrected chi connectivity index (χ1v) is 5.52. The fraction of sp³-hybridized carbons (Fsp3) is 0.800. The molecular weight excluding hydrogens is 242 g/mol. The zero-order chi connectivity index (χ0) is 13.5. The molecule has 0 bridgehead atoms. The lowest BCUT2D eigenvalue weighted by Gasteiger charge is -2.45. The van der Waals surface area contributed by atoms with Gasteiger partial charge in [0, 0.05) is 17.7 Å². The van der Waals surface area contributed by atoms with E-state index in [1.54, 1.807) is 0 Å². The number of aliphatic hydroxyl groups excluding tert-OH is 2. The predicted molar refractivity (Wildman–Crippen MR) is 59.2 cm³/mol. The van der Waals surface area contributed by atoms with E-state index in [1.165, 1.54) is 6.08 Å². The second-order valence-corrected chi connectivity index (χ2v) is 3.85. The molecular formula is C10H16N3O5-. The van der Waals surface area contributed by atoms with Gasteiger partial charge < -0.3 is 24.8 Å². The van der Waals surface area contributed by atoms with Crippen molar-refractivity contribution in [3.63, 3.8) is 0 Å². The maximum atomic E-state index is 11.4. The fourth-order valence-corrected chi connectivity index (χ4v) is 1.75. The number of hydrogen-bond donors (Lipinski definition) is 2. The van der Waals surface area contributed by atoms with Gasteiger partial charge in [0.1, 0.15) is 12.2 Å². The van der Waals surface area contributed by atoms with Crippen LogP contribution in [0.15, 0.2) is 17.8 Å². The first-order valence-electron chi connectivity index (χ1n) is 5.52. The molecule has 1 fully saturated rings. The van der Waals surface area contributed by atoms with E-state index in [2.05, 4.69) is 16.6 Å². The molecule has 0 saturated carbocycles. The summed E-state index contributed by atoms with van der Waals surface area (Å²) in [6.45, 7) is 3.64. The van der Waals surface area contributed by atoms with Crippen LogP contribution >= 0.6 is 0 Å². The predicted octanol–water partition coefficient (Wildman–Crippen LogP) is -0.935. The summed E-state index contributed by atoms with van der Waals surface area (Å²) in [5, 5.41) is 34.3. The zero-order valence-electron chi connectivity index (χ0n) is 9.75. The van der Waals surface area contributed by atoms with Crippen LogP contribution in [0.25, 0.3) is 10.4 Å². The lowest BCUT2D eigenvalue weighted by atomic mass is 9.96. The van der Waals surface area contributed by atoms with E-state index in [0.29, 0.717) is 0 Å². The van der Waals surface area contributed by atoms with Crippen LogP contribution in [0.5, 0.6) is 0 Å². The lowest BCUT2D eigenvalue weighted by molar-refractivity contribution is -0.532. The maximum Gasteiger partial charge on any atom is 0.113 e. The highest BCUT2D eigenvalue weighted by atomic mass is 16.6. The van der Waals surface area contributed by atoms with Crippen molar-refractivity contribution in [1.29, 1.82) is 0 Å². The number of aliphatic hydroxyl groups is 2. The van der Waals surface area contributed by atoms with Crippen LogP contribution in [-0.2, 0) is 9.47 Å². The van der Waals surface area contributed by atoms with Gasteiger partial charge in [-0.05, 0) is 12.0 Å². The zero-order valence-corrected chi connectivity index (χ0v) is 9.75. The Kier molecular flexibility index (Phi) is 6.06. The number of hydrogen-bond acceptors (Lipinski definition) is 6. The molecule has 1 heterocycles. The molecule has 1 aliphatic rings. The third-order valence-corrected chi connectivity index (χ3v) is 2.63. The molecule has 0 aromatic carbocycles. The van der Waals surface area contributed by atoms with Crippen molar-refractivity contribution in [2.45, 2.75) is 37.1 Å². The summed E-state index contributed by atoms with van der Waals surface area (Å²) in [6.07, 6.45) is -4.52. The molecule has 102 valence electrons. The second-order valence-electron chi connectivity index (χ2n) is 3.85. The van der Waals surface area contributed by atoms with Gasteiger partial charge in [-0.2, -0.15) is 0 Å². The van der Waals surface area contributed by atoms with Crippen LogP contribution in [-0.4, -0.2) is 54.1 Å². The number of azide groups is 1. The van der Waals surface area contributed by atoms with Crippen molar-refractivity contribution in [3.8, 4) is 0 Å². The molecule has 1 saturated heterocycles. The standard InChI is InChI=1S/C10H16N3O5/c1-2-5-17-9-7(14)6(3-4-12-13-11)18-10(16)8(9)15/h2,6-10,14-15H,1,3-5H2/q-1/t6-,7-,8+,9+,10+/m1/s1. The van der Waals surface area contributed by atoms with Crippen LogP contribution in [0.3, 0.4) is 0 Å². The molecule has 8 heteroatoms. The second kappa shape index (κ2) is 7.32. The van der Waals surface area contributed by atoms with Crippen LogP contribution in [0.4, 0.5) is 0 Å². The number of nitrogens with zero attached hydrogens (tertiary/aromatic N) is 3. The van der Waals surface area contributed by atoms with Gasteiger partial charge in [-0.25, -0.2) is 0 Å². The Balaban J connectivity index is 2.63. The smallest absolute Gasteiger partial charge is 0.113 e. The Morgan fingerprint density at radius 1 is 1.50 bits per heavy atom. The molecule has 0 spiro atoms. The molecule has 1 rings (SSSR count). The van der Waals surface area contributed by atoms with Crippen LogP contribution in [0.2, 0.25) is 0 Å². The SMILES string of the molecule is C=CCO[C@@H]1[C@H](O)[C@@H]([O-])O[C@H](CCN=[N+]=[N-])[C@H]1O. The number of ether oxygens (including phenoxy) is 2. The molecule has 0 aliphatic carbocycles. The molecule has 0 unspecified atom stereocenters. The van der Waals surface area contributed by atoms with Crippen molar-refractivity contribution in [2.24, 2.45) is 5.11 Å². The molecule has 2 N–H and O–H groups in total. The molecule has 5 atom stereocenters. The van der Waals surface area contributed by atoms with E-state index in [-0.39, 0.29) is 19.6 Å². The maximum absolute atomic E-state index is 11.4. The summed E-state index contributed by atoms with van der Waals surface area (Å²) in [5.41, 5.74) is 8.14. The Hall–Kier alpha value is -1.15. The van der Waals surface area contributed by atoms with E-state index in [1.807, 2.05) is 0 Å². The minimum Gasteiger partial charge on any atom is -0.829 e. The van der Waals surface area contributed by atoms with Gasteiger partial charge in [0.25, 0.3) is 0 Å². The van der Waals surface area contributed by atoms with Crippen molar-refractivity contribution < 1.29 is 24.8 Å². The molecule has 0 aromatic rings. The van der Waals surface area contributed by atoms with E-state index in [0.717, 1.165) is 0 Å². The largest absolute Gasteiger partial charge is 0.829 e. The summed E-state index contributed by atoms with van der Waals surface area (Å²) in [7, 11) is 0. The average molecular weight is 258 g/mol. The highest BCUT2D eigenvalue weighted by Crippen LogP contribution is 2.23. The molecule has 8 nitrogen and oxygen atoms in total. The highest BCUT2D eigenvalue weighted by Gasteiger charge is 2.40. The van der Waals surface area contributed by atoms with Crippen molar-refractivity contribution >= 4 is 0 Å². The van der Waals surface area contributed by atoms with Crippen LogP contribution in [0, 0.1) is 0 Å². The summed E-state index contributed by atoms with van der Waals surface area (Å²) in [5.74, 6) is 0. The summed E-state index contributed by atoms with van der Waals surface area (Å²) in [6, 6.07) is 0. The molecule has 0 aromatic heterocycles. The van der Waals surface area contributed by atoms with Gasteiger partial charge in [-0.15, -0.1) is 6.58 Å². The van der Waals surface area contributed by atoms with Gasteiger partial charge in [-0.3, -0.25) is 0 Å². The van der Waals surface area contributed by atoms with E-state index in [9.17, 15) is 15.3 Å². The van der Waals surface area contributed by atoms with Gasteiger partial charge in [0.15, 0.2) is 0 Å². The van der Waals surface area contributed by atoms with Gasteiger partial charge >= 0.3 is 0 Å². The van der Waals surface area contributed by atoms with Gasteiger partial charge in [0.2, 0.25) is 0 Å². The first-order chi connectivity index (χ1) is 8.61. The molecule has 18 heavy (non-hydrogen) atoms. The van der Waals surface area contributed by atoms with E-state index < -0.39 is 30.7 Å². The van der Waals surface area contributed by atoms with Crippen molar-refractivity contribution in [3.05, 3.63) is 23.1 Å². The van der Waals surface area contributed by atoms with Gasteiger partial charge in [0.05, 0.1) is 18.8 Å². The minimum atomic E-state index is -1.70. The molecule has 0 amide bonds. The Labute approximate surface area is 104 Å². The van der Waals surface area contributed by atoms with Crippen LogP contribution in [0.1, 0.15) is 6.42 Å². The topological polar surface area (TPSA) is 131 Å². The van der Waals surface area contributed by atoms with Gasteiger partial charge in [-0.1, -0.05) is 11.2 Å². The van der Waals surface area contributed by atoms with E-state index in [4.69, 9.17) is 15.0 Å². The Bertz CT molecular complexity index is 321. The highest BCUT2D eigenvalue weighted by molar-refractivity contribution is 4.90. The average Bonchev–Trinajstić information content (AvgIpc) is 2.36. The first kappa shape index (κ1) is 14.9. The normalized spacial score (nSPS) is 35.8. The summed E-state index contributed by atoms with van der Waals surface area (Å²) >= 11 is 0.